The minimum absolute atomic E-state index is 0.386. The lowest BCUT2D eigenvalue weighted by Gasteiger charge is -2.01. The summed E-state index contributed by atoms with van der Waals surface area (Å²) in [7, 11) is 0. The zero-order valence-corrected chi connectivity index (χ0v) is 7.87. The second kappa shape index (κ2) is 6.22. The first-order valence-electron chi connectivity index (χ1n) is 4.17. The van der Waals surface area contributed by atoms with Crippen LogP contribution < -0.4 is 0 Å². The molecular formula is C9H14O4. The van der Waals surface area contributed by atoms with Crippen LogP contribution in [0.4, 0.5) is 0 Å². The second-order valence-electron chi connectivity index (χ2n) is 2.45. The Hall–Kier alpha value is -1.32. The van der Waals surface area contributed by atoms with Gasteiger partial charge in [0.15, 0.2) is 5.78 Å². The number of hydrogen-bond donors (Lipinski definition) is 1. The van der Waals surface area contributed by atoms with Crippen molar-refractivity contribution < 1.29 is 19.4 Å². The minimum atomic E-state index is -1.11. The molecule has 74 valence electrons. The largest absolute Gasteiger partial charge is 0.501 e. The Bertz CT molecular complexity index is 218. The van der Waals surface area contributed by atoms with Crippen molar-refractivity contribution in [1.82, 2.24) is 0 Å². The summed E-state index contributed by atoms with van der Waals surface area (Å²) < 4.78 is 4.91. The molecule has 0 heterocycles. The van der Waals surface area contributed by atoms with Crippen LogP contribution in [0.15, 0.2) is 11.8 Å². The van der Waals surface area contributed by atoms with Crippen molar-refractivity contribution in [3.8, 4) is 0 Å². The molecule has 0 atom stereocenters. The lowest BCUT2D eigenvalue weighted by molar-refractivity contribution is -0.139. The van der Waals surface area contributed by atoms with Crippen LogP contribution in [0.1, 0.15) is 26.7 Å². The monoisotopic (exact) mass is 186 g/mol. The highest BCUT2D eigenvalue weighted by Gasteiger charge is 2.11. The molecule has 0 aromatic rings. The number of carboxylic acids is 1. The van der Waals surface area contributed by atoms with Crippen molar-refractivity contribution in [2.75, 3.05) is 6.61 Å². The van der Waals surface area contributed by atoms with Crippen LogP contribution >= 0.6 is 0 Å². The molecule has 0 aromatic carbocycles. The highest BCUT2D eigenvalue weighted by Crippen LogP contribution is 2.05. The van der Waals surface area contributed by atoms with Gasteiger partial charge in [-0.2, -0.15) is 0 Å². The van der Waals surface area contributed by atoms with E-state index < -0.39 is 12.4 Å². The highest BCUT2D eigenvalue weighted by atomic mass is 16.5. The van der Waals surface area contributed by atoms with E-state index in [9.17, 15) is 9.59 Å². The van der Waals surface area contributed by atoms with Crippen LogP contribution in [0.2, 0.25) is 0 Å². The van der Waals surface area contributed by atoms with E-state index in [0.717, 1.165) is 0 Å². The molecule has 4 heteroatoms. The Labute approximate surface area is 77.2 Å². The van der Waals surface area contributed by atoms with Gasteiger partial charge in [0.1, 0.15) is 6.42 Å². The molecule has 0 unspecified atom stereocenters. The first-order chi connectivity index (χ1) is 6.11. The number of aliphatic carboxylic acids is 1. The molecule has 0 amide bonds. The summed E-state index contributed by atoms with van der Waals surface area (Å²) in [5, 5.41) is 8.36. The number of Topliss-reactive ketones (excluding diaryl/α,β-unsaturated/α-hetero) is 1. The SMILES string of the molecule is CCOC=C(CC)C(=O)CC(=O)O. The molecule has 0 saturated carbocycles. The van der Waals surface area contributed by atoms with Crippen molar-refractivity contribution in [1.29, 1.82) is 0 Å². The Morgan fingerprint density at radius 3 is 2.38 bits per heavy atom. The minimum Gasteiger partial charge on any atom is -0.501 e. The summed E-state index contributed by atoms with van der Waals surface area (Å²) in [6, 6.07) is 0. The predicted octanol–water partition coefficient (Wildman–Crippen LogP) is 1.36. The molecule has 4 nitrogen and oxygen atoms in total. The maximum atomic E-state index is 11.2. The lowest BCUT2D eigenvalue weighted by Crippen LogP contribution is -2.09. The molecule has 0 aromatic heterocycles. The van der Waals surface area contributed by atoms with Gasteiger partial charge < -0.3 is 9.84 Å². The maximum absolute atomic E-state index is 11.2. The van der Waals surface area contributed by atoms with Crippen molar-refractivity contribution in [3.63, 3.8) is 0 Å². The first-order valence-corrected chi connectivity index (χ1v) is 4.17. The molecule has 1 N–H and O–H groups in total. The zero-order valence-electron chi connectivity index (χ0n) is 7.87. The summed E-state index contributed by atoms with van der Waals surface area (Å²) in [5.41, 5.74) is 0.421. The molecule has 0 aliphatic carbocycles. The van der Waals surface area contributed by atoms with Gasteiger partial charge >= 0.3 is 5.97 Å². The Kier molecular flexibility index (Phi) is 5.59. The molecule has 0 aliphatic heterocycles. The molecule has 13 heavy (non-hydrogen) atoms. The standard InChI is InChI=1S/C9H14O4/c1-3-7(6-13-4-2)8(10)5-9(11)12/h6H,3-5H2,1-2H3,(H,11,12). The third kappa shape index (κ3) is 5.00. The molecular weight excluding hydrogens is 172 g/mol. The maximum Gasteiger partial charge on any atom is 0.311 e. The topological polar surface area (TPSA) is 63.6 Å². The van der Waals surface area contributed by atoms with Crippen LogP contribution in [-0.2, 0) is 14.3 Å². The number of carboxylic acid groups (broad SMARTS) is 1. The molecule has 0 fully saturated rings. The lowest BCUT2D eigenvalue weighted by atomic mass is 10.1. The van der Waals surface area contributed by atoms with E-state index in [1.165, 1.54) is 6.26 Å². The predicted molar refractivity (Wildman–Crippen MR) is 47.3 cm³/mol. The summed E-state index contributed by atoms with van der Waals surface area (Å²) in [6.07, 6.45) is 1.37. The van der Waals surface area contributed by atoms with Crippen molar-refractivity contribution in [2.24, 2.45) is 0 Å². The number of rotatable bonds is 6. The third-order valence-corrected chi connectivity index (χ3v) is 1.44. The molecule has 0 aliphatic rings. The first kappa shape index (κ1) is 11.7. The fourth-order valence-corrected chi connectivity index (χ4v) is 0.781. The summed E-state index contributed by atoms with van der Waals surface area (Å²) in [5.74, 6) is -1.50. The number of allylic oxidation sites excluding steroid dienone is 1. The van der Waals surface area contributed by atoms with Gasteiger partial charge in [-0.25, -0.2) is 0 Å². The number of ether oxygens (including phenoxy) is 1. The average molecular weight is 186 g/mol. The third-order valence-electron chi connectivity index (χ3n) is 1.44. The molecule has 0 radical (unpaired) electrons. The zero-order chi connectivity index (χ0) is 10.3. The van der Waals surface area contributed by atoms with Gasteiger partial charge in [0.25, 0.3) is 0 Å². The number of carbonyl (C=O) groups is 2. The van der Waals surface area contributed by atoms with E-state index in [1.807, 2.05) is 0 Å². The van der Waals surface area contributed by atoms with E-state index in [-0.39, 0.29) is 5.78 Å². The van der Waals surface area contributed by atoms with Crippen LogP contribution in [-0.4, -0.2) is 23.5 Å². The normalized spacial score (nSPS) is 11.1. The Morgan fingerprint density at radius 2 is 2.00 bits per heavy atom. The van der Waals surface area contributed by atoms with Gasteiger partial charge in [0, 0.05) is 5.57 Å². The molecule has 0 bridgehead atoms. The van der Waals surface area contributed by atoms with Gasteiger partial charge in [0.05, 0.1) is 12.9 Å². The number of hydrogen-bond acceptors (Lipinski definition) is 3. The molecule has 0 spiro atoms. The summed E-state index contributed by atoms with van der Waals surface area (Å²) in [4.78, 5) is 21.4. The number of ketones is 1. The van der Waals surface area contributed by atoms with Gasteiger partial charge in [-0.05, 0) is 13.3 Å². The van der Waals surface area contributed by atoms with E-state index in [2.05, 4.69) is 0 Å². The molecule has 0 rings (SSSR count). The van der Waals surface area contributed by atoms with Crippen molar-refractivity contribution in [3.05, 3.63) is 11.8 Å². The van der Waals surface area contributed by atoms with Gasteiger partial charge in [0.2, 0.25) is 0 Å². The van der Waals surface area contributed by atoms with Crippen molar-refractivity contribution in [2.45, 2.75) is 26.7 Å². The van der Waals surface area contributed by atoms with Crippen LogP contribution in [0.25, 0.3) is 0 Å². The van der Waals surface area contributed by atoms with Gasteiger partial charge in [-0.3, -0.25) is 9.59 Å². The van der Waals surface area contributed by atoms with E-state index in [0.29, 0.717) is 18.6 Å². The molecule has 0 saturated heterocycles. The van der Waals surface area contributed by atoms with Crippen LogP contribution in [0.3, 0.4) is 0 Å². The highest BCUT2D eigenvalue weighted by molar-refractivity contribution is 6.04. The van der Waals surface area contributed by atoms with E-state index in [1.54, 1.807) is 13.8 Å². The Morgan fingerprint density at radius 1 is 1.38 bits per heavy atom. The average Bonchev–Trinajstić information content (AvgIpc) is 2.04. The van der Waals surface area contributed by atoms with E-state index in [4.69, 9.17) is 9.84 Å². The number of carbonyl (C=O) groups excluding carboxylic acids is 1. The Balaban J connectivity index is 4.22. The quantitative estimate of drug-likeness (QED) is 0.386. The summed E-state index contributed by atoms with van der Waals surface area (Å²) in [6.45, 7) is 4.06. The second-order valence-corrected chi connectivity index (χ2v) is 2.45. The fourth-order valence-electron chi connectivity index (χ4n) is 0.781. The fraction of sp³-hybridized carbons (Fsp3) is 0.556. The van der Waals surface area contributed by atoms with Crippen molar-refractivity contribution >= 4 is 11.8 Å². The van der Waals surface area contributed by atoms with Gasteiger partial charge in [-0.15, -0.1) is 0 Å². The smallest absolute Gasteiger partial charge is 0.311 e. The van der Waals surface area contributed by atoms with E-state index >= 15 is 0 Å². The van der Waals surface area contributed by atoms with Crippen LogP contribution in [0, 0.1) is 0 Å². The van der Waals surface area contributed by atoms with Gasteiger partial charge in [-0.1, -0.05) is 6.92 Å². The van der Waals surface area contributed by atoms with Crippen LogP contribution in [0.5, 0.6) is 0 Å². The summed E-state index contributed by atoms with van der Waals surface area (Å²) >= 11 is 0.